The average Bonchev–Trinajstić information content (AvgIpc) is 2.96. The van der Waals surface area contributed by atoms with E-state index in [4.69, 9.17) is 0 Å². The summed E-state index contributed by atoms with van der Waals surface area (Å²) in [5, 5.41) is 3.67. The van der Waals surface area contributed by atoms with Crippen molar-refractivity contribution in [2.24, 2.45) is 0 Å². The predicted octanol–water partition coefficient (Wildman–Crippen LogP) is 3.90. The molecule has 3 rings (SSSR count). The first-order chi connectivity index (χ1) is 12.9. The Labute approximate surface area is 163 Å². The summed E-state index contributed by atoms with van der Waals surface area (Å²) in [4.78, 5) is 31.2. The van der Waals surface area contributed by atoms with E-state index in [1.807, 2.05) is 32.9 Å². The van der Waals surface area contributed by atoms with Crippen molar-refractivity contribution in [3.05, 3.63) is 62.5 Å². The number of carbonyl (C=O) groups is 1. The van der Waals surface area contributed by atoms with Gasteiger partial charge in [0.2, 0.25) is 5.91 Å². The number of benzene rings is 1. The van der Waals surface area contributed by atoms with E-state index in [1.54, 1.807) is 6.33 Å². The smallest absolute Gasteiger partial charge is 0.262 e. The lowest BCUT2D eigenvalue weighted by Gasteiger charge is -2.15. The maximum absolute atomic E-state index is 12.7. The van der Waals surface area contributed by atoms with Gasteiger partial charge in [0.05, 0.1) is 17.8 Å². The maximum Gasteiger partial charge on any atom is 0.262 e. The number of carbonyl (C=O) groups excluding carboxylic acids is 1. The van der Waals surface area contributed by atoms with E-state index in [-0.39, 0.29) is 23.9 Å². The van der Waals surface area contributed by atoms with Gasteiger partial charge in [0, 0.05) is 17.8 Å². The van der Waals surface area contributed by atoms with Gasteiger partial charge in [0.1, 0.15) is 4.83 Å². The number of aryl methyl sites for hydroxylation is 4. The van der Waals surface area contributed by atoms with Crippen LogP contribution in [0.4, 0.5) is 0 Å². The van der Waals surface area contributed by atoms with Crippen molar-refractivity contribution < 1.29 is 4.79 Å². The Morgan fingerprint density at radius 2 is 1.96 bits per heavy atom. The van der Waals surface area contributed by atoms with Crippen molar-refractivity contribution in [3.8, 4) is 0 Å². The molecule has 5 nitrogen and oxygen atoms in total. The molecule has 0 fully saturated rings. The number of amides is 1. The summed E-state index contributed by atoms with van der Waals surface area (Å²) >= 11 is 1.53. The average molecular weight is 384 g/mol. The van der Waals surface area contributed by atoms with E-state index in [9.17, 15) is 9.59 Å². The van der Waals surface area contributed by atoms with Gasteiger partial charge in [-0.2, -0.15) is 0 Å². The number of hydrogen-bond acceptors (Lipinski definition) is 4. The summed E-state index contributed by atoms with van der Waals surface area (Å²) < 4.78 is 1.53. The van der Waals surface area contributed by atoms with Crippen LogP contribution in [0.5, 0.6) is 0 Å². The zero-order valence-corrected chi connectivity index (χ0v) is 17.0. The first-order valence-electron chi connectivity index (χ1n) is 9.24. The summed E-state index contributed by atoms with van der Waals surface area (Å²) in [6.07, 6.45) is 2.78. The van der Waals surface area contributed by atoms with Crippen molar-refractivity contribution in [1.29, 1.82) is 0 Å². The van der Waals surface area contributed by atoms with Crippen LogP contribution in [-0.2, 0) is 17.8 Å². The SMILES string of the molecule is CCc1ccc(C(C)NC(=O)CCn2cnc3sc(C)c(C)c3c2=O)cc1. The highest BCUT2D eigenvalue weighted by Crippen LogP contribution is 2.25. The molecule has 1 aromatic carbocycles. The topological polar surface area (TPSA) is 64.0 Å². The highest BCUT2D eigenvalue weighted by atomic mass is 32.1. The highest BCUT2D eigenvalue weighted by Gasteiger charge is 2.14. The zero-order valence-electron chi connectivity index (χ0n) is 16.2. The summed E-state index contributed by atoms with van der Waals surface area (Å²) in [5.74, 6) is -0.0766. The number of nitrogens with zero attached hydrogens (tertiary/aromatic N) is 2. The van der Waals surface area contributed by atoms with Gasteiger partial charge in [-0.3, -0.25) is 14.2 Å². The minimum Gasteiger partial charge on any atom is -0.350 e. The number of thiophene rings is 1. The van der Waals surface area contributed by atoms with Crippen LogP contribution in [0.15, 0.2) is 35.4 Å². The number of rotatable bonds is 6. The summed E-state index contributed by atoms with van der Waals surface area (Å²) in [6, 6.07) is 8.21. The van der Waals surface area contributed by atoms with E-state index in [0.29, 0.717) is 11.9 Å². The summed E-state index contributed by atoms with van der Waals surface area (Å²) in [5.41, 5.74) is 3.26. The lowest BCUT2D eigenvalue weighted by atomic mass is 10.0. The van der Waals surface area contributed by atoms with Gasteiger partial charge in [-0.1, -0.05) is 31.2 Å². The van der Waals surface area contributed by atoms with Crippen LogP contribution in [-0.4, -0.2) is 15.5 Å². The normalized spacial score (nSPS) is 12.3. The van der Waals surface area contributed by atoms with Crippen LogP contribution in [0.3, 0.4) is 0 Å². The largest absolute Gasteiger partial charge is 0.350 e. The monoisotopic (exact) mass is 383 g/mol. The third-order valence-corrected chi connectivity index (χ3v) is 6.12. The molecule has 1 N–H and O–H groups in total. The quantitative estimate of drug-likeness (QED) is 0.702. The molecule has 142 valence electrons. The predicted molar refractivity (Wildman–Crippen MR) is 110 cm³/mol. The van der Waals surface area contributed by atoms with Gasteiger partial charge < -0.3 is 5.32 Å². The molecular formula is C21H25N3O2S. The van der Waals surface area contributed by atoms with E-state index in [1.165, 1.54) is 21.5 Å². The zero-order chi connectivity index (χ0) is 19.6. The molecule has 0 spiro atoms. The molecule has 0 radical (unpaired) electrons. The molecule has 27 heavy (non-hydrogen) atoms. The van der Waals surface area contributed by atoms with Crippen LogP contribution < -0.4 is 10.9 Å². The van der Waals surface area contributed by atoms with Gasteiger partial charge in [0.25, 0.3) is 5.56 Å². The van der Waals surface area contributed by atoms with Crippen LogP contribution in [0.25, 0.3) is 10.2 Å². The van der Waals surface area contributed by atoms with E-state index in [0.717, 1.165) is 27.3 Å². The lowest BCUT2D eigenvalue weighted by molar-refractivity contribution is -0.121. The van der Waals surface area contributed by atoms with Crippen LogP contribution in [0.2, 0.25) is 0 Å². The third kappa shape index (κ3) is 4.11. The van der Waals surface area contributed by atoms with E-state index >= 15 is 0 Å². The molecule has 0 aliphatic rings. The van der Waals surface area contributed by atoms with E-state index < -0.39 is 0 Å². The minimum atomic E-state index is -0.0766. The first kappa shape index (κ1) is 19.3. The number of nitrogens with one attached hydrogen (secondary N) is 1. The molecule has 0 aliphatic carbocycles. The third-order valence-electron chi connectivity index (χ3n) is 5.00. The first-order valence-corrected chi connectivity index (χ1v) is 10.1. The molecule has 2 heterocycles. The molecule has 1 amide bonds. The molecule has 1 unspecified atom stereocenters. The lowest BCUT2D eigenvalue weighted by Crippen LogP contribution is -2.29. The molecule has 0 aliphatic heterocycles. The Kier molecular flexibility index (Phi) is 5.75. The molecule has 0 saturated carbocycles. The molecule has 3 aromatic rings. The number of aromatic nitrogens is 2. The molecular weight excluding hydrogens is 358 g/mol. The fourth-order valence-electron chi connectivity index (χ4n) is 3.09. The molecule has 2 aromatic heterocycles. The molecule has 1 atom stereocenters. The van der Waals surface area contributed by atoms with Gasteiger partial charge in [-0.05, 0) is 43.9 Å². The van der Waals surface area contributed by atoms with Crippen molar-refractivity contribution in [3.63, 3.8) is 0 Å². The molecule has 0 saturated heterocycles. The summed E-state index contributed by atoms with van der Waals surface area (Å²) in [7, 11) is 0. The van der Waals surface area contributed by atoms with Gasteiger partial charge in [0.15, 0.2) is 0 Å². The second kappa shape index (κ2) is 8.05. The Morgan fingerprint density at radius 1 is 1.26 bits per heavy atom. The minimum absolute atomic E-state index is 0.0671. The van der Waals surface area contributed by atoms with Gasteiger partial charge in [-0.15, -0.1) is 11.3 Å². The van der Waals surface area contributed by atoms with E-state index in [2.05, 4.69) is 29.4 Å². The molecule has 0 bridgehead atoms. The number of fused-ring (bicyclic) bond motifs is 1. The van der Waals surface area contributed by atoms with Gasteiger partial charge >= 0.3 is 0 Å². The Morgan fingerprint density at radius 3 is 2.63 bits per heavy atom. The maximum atomic E-state index is 12.7. The fourth-order valence-corrected chi connectivity index (χ4v) is 4.08. The number of hydrogen-bond donors (Lipinski definition) is 1. The van der Waals surface area contributed by atoms with Crippen molar-refractivity contribution in [2.75, 3.05) is 0 Å². The fraction of sp³-hybridized carbons (Fsp3) is 0.381. The van der Waals surface area contributed by atoms with Crippen molar-refractivity contribution in [2.45, 2.75) is 53.1 Å². The Balaban J connectivity index is 1.65. The van der Waals surface area contributed by atoms with Gasteiger partial charge in [-0.25, -0.2) is 4.98 Å². The van der Waals surface area contributed by atoms with Crippen LogP contribution in [0.1, 0.15) is 47.9 Å². The highest BCUT2D eigenvalue weighted by molar-refractivity contribution is 7.18. The second-order valence-corrected chi connectivity index (χ2v) is 8.04. The second-order valence-electron chi connectivity index (χ2n) is 6.84. The summed E-state index contributed by atoms with van der Waals surface area (Å²) in [6.45, 7) is 8.35. The Bertz CT molecular complexity index is 1020. The van der Waals surface area contributed by atoms with Crippen LogP contribution in [0, 0.1) is 13.8 Å². The Hall–Kier alpha value is -2.47. The van der Waals surface area contributed by atoms with Crippen LogP contribution >= 0.6 is 11.3 Å². The molecule has 6 heteroatoms. The standard InChI is InChI=1S/C21H25N3O2S/c1-5-16-6-8-17(9-7-16)14(3)23-18(25)10-11-24-12-22-20-19(21(24)26)13(2)15(4)27-20/h6-9,12,14H,5,10-11H2,1-4H3,(H,23,25). The van der Waals surface area contributed by atoms with Crippen molar-refractivity contribution in [1.82, 2.24) is 14.9 Å². The van der Waals surface area contributed by atoms with Crippen molar-refractivity contribution >= 4 is 27.5 Å².